The second-order valence-corrected chi connectivity index (χ2v) is 6.49. The molecule has 1 heterocycles. The highest BCUT2D eigenvalue weighted by molar-refractivity contribution is 5.74. The minimum Gasteiger partial charge on any atom is -0.494 e. The number of hydrogen-bond donors (Lipinski definition) is 1. The number of rotatable bonds is 7. The Morgan fingerprint density at radius 1 is 1.04 bits per heavy atom. The highest BCUT2D eigenvalue weighted by Gasteiger charge is 2.29. The van der Waals surface area contributed by atoms with Crippen LogP contribution in [0.5, 0.6) is 5.75 Å². The molecule has 1 aliphatic heterocycles. The Morgan fingerprint density at radius 2 is 1.69 bits per heavy atom. The maximum atomic E-state index is 11.8. The van der Waals surface area contributed by atoms with Gasteiger partial charge in [0.1, 0.15) is 11.8 Å². The van der Waals surface area contributed by atoms with Gasteiger partial charge in [0.2, 0.25) is 0 Å². The monoisotopic (exact) mass is 354 g/mol. The largest absolute Gasteiger partial charge is 0.494 e. The van der Waals surface area contributed by atoms with Crippen molar-refractivity contribution in [2.45, 2.75) is 19.4 Å². The van der Waals surface area contributed by atoms with E-state index < -0.39 is 12.0 Å². The first-order chi connectivity index (χ1) is 12.7. The van der Waals surface area contributed by atoms with Crippen molar-refractivity contribution in [1.29, 1.82) is 0 Å². The van der Waals surface area contributed by atoms with Gasteiger partial charge < -0.3 is 14.7 Å². The van der Waals surface area contributed by atoms with Gasteiger partial charge in [0.05, 0.1) is 6.61 Å². The topological polar surface area (TPSA) is 53.0 Å². The predicted molar refractivity (Wildman–Crippen MR) is 103 cm³/mol. The minimum absolute atomic E-state index is 0.495. The molecule has 1 atom stereocenters. The summed E-state index contributed by atoms with van der Waals surface area (Å²) in [6.07, 6.45) is 0.507. The molecule has 5 heteroatoms. The molecule has 0 aromatic heterocycles. The maximum Gasteiger partial charge on any atom is 0.321 e. The number of nitrogens with zero attached hydrogens (tertiary/aromatic N) is 2. The van der Waals surface area contributed by atoms with Crippen LogP contribution >= 0.6 is 0 Å². The smallest absolute Gasteiger partial charge is 0.321 e. The predicted octanol–water partition coefficient (Wildman–Crippen LogP) is 2.90. The fourth-order valence-corrected chi connectivity index (χ4v) is 3.41. The van der Waals surface area contributed by atoms with Crippen molar-refractivity contribution in [3.63, 3.8) is 0 Å². The lowest BCUT2D eigenvalue weighted by molar-refractivity contribution is -0.143. The van der Waals surface area contributed by atoms with Crippen molar-refractivity contribution in [3.8, 4) is 5.75 Å². The standard InChI is InChI=1S/C21H26N2O3/c1-2-26-19-10-8-17(9-11-19)16-20(21(24)25)23-14-12-22(13-15-23)18-6-4-3-5-7-18/h3-11,20H,2,12-16H2,1H3,(H,24,25)/t20-/m0/s1. The molecule has 5 nitrogen and oxygen atoms in total. The third-order valence-electron chi connectivity index (χ3n) is 4.82. The summed E-state index contributed by atoms with van der Waals surface area (Å²) >= 11 is 0. The van der Waals surface area contributed by atoms with Crippen molar-refractivity contribution >= 4 is 11.7 Å². The summed E-state index contributed by atoms with van der Waals surface area (Å²) < 4.78 is 5.45. The highest BCUT2D eigenvalue weighted by atomic mass is 16.5. The first-order valence-electron chi connectivity index (χ1n) is 9.16. The summed E-state index contributed by atoms with van der Waals surface area (Å²) in [5.74, 6) is 0.0617. The zero-order valence-electron chi connectivity index (χ0n) is 15.2. The number of carboxylic acid groups (broad SMARTS) is 1. The Bertz CT molecular complexity index is 695. The van der Waals surface area contributed by atoms with Crippen LogP contribution in [0.4, 0.5) is 5.69 Å². The number of carboxylic acids is 1. The summed E-state index contributed by atoms with van der Waals surface area (Å²) in [6.45, 7) is 5.77. The lowest BCUT2D eigenvalue weighted by Gasteiger charge is -2.38. The Hall–Kier alpha value is -2.53. The molecule has 2 aromatic rings. The molecule has 0 aliphatic carbocycles. The van der Waals surface area contributed by atoms with Gasteiger partial charge in [-0.1, -0.05) is 30.3 Å². The molecular formula is C21H26N2O3. The minimum atomic E-state index is -0.757. The van der Waals surface area contributed by atoms with Gasteiger partial charge in [-0.05, 0) is 43.2 Å². The molecule has 0 unspecified atom stereocenters. The van der Waals surface area contributed by atoms with Crippen LogP contribution < -0.4 is 9.64 Å². The van der Waals surface area contributed by atoms with E-state index in [0.29, 0.717) is 13.0 Å². The second-order valence-electron chi connectivity index (χ2n) is 6.49. The van der Waals surface area contributed by atoms with Gasteiger partial charge in [0.15, 0.2) is 0 Å². The third kappa shape index (κ3) is 4.55. The van der Waals surface area contributed by atoms with Crippen LogP contribution in [0.3, 0.4) is 0 Å². The summed E-state index contributed by atoms with van der Waals surface area (Å²) in [5, 5.41) is 9.73. The van der Waals surface area contributed by atoms with Gasteiger partial charge >= 0.3 is 5.97 Å². The van der Waals surface area contributed by atoms with Gasteiger partial charge in [0.25, 0.3) is 0 Å². The van der Waals surface area contributed by atoms with Crippen LogP contribution in [0.1, 0.15) is 12.5 Å². The molecule has 3 rings (SSSR count). The van der Waals surface area contributed by atoms with Gasteiger partial charge in [-0.3, -0.25) is 9.69 Å². The molecule has 26 heavy (non-hydrogen) atoms. The number of para-hydroxylation sites is 1. The number of anilines is 1. The number of ether oxygens (including phenoxy) is 1. The maximum absolute atomic E-state index is 11.8. The Balaban J connectivity index is 1.61. The quantitative estimate of drug-likeness (QED) is 0.829. The Kier molecular flexibility index (Phi) is 6.12. The Labute approximate surface area is 154 Å². The van der Waals surface area contributed by atoms with Crippen molar-refractivity contribution in [1.82, 2.24) is 4.90 Å². The molecule has 1 saturated heterocycles. The molecule has 2 aromatic carbocycles. The molecule has 1 aliphatic rings. The van der Waals surface area contributed by atoms with E-state index in [9.17, 15) is 9.90 Å². The Morgan fingerprint density at radius 3 is 2.27 bits per heavy atom. The van der Waals surface area contributed by atoms with Gasteiger partial charge in [-0.15, -0.1) is 0 Å². The number of aliphatic carboxylic acids is 1. The van der Waals surface area contributed by atoms with Crippen LogP contribution in [0.15, 0.2) is 54.6 Å². The third-order valence-corrected chi connectivity index (χ3v) is 4.82. The van der Waals surface area contributed by atoms with Crippen molar-refractivity contribution < 1.29 is 14.6 Å². The number of benzene rings is 2. The van der Waals surface area contributed by atoms with Gasteiger partial charge in [0, 0.05) is 31.9 Å². The average Bonchev–Trinajstić information content (AvgIpc) is 2.68. The average molecular weight is 354 g/mol. The first kappa shape index (κ1) is 18.3. The van der Waals surface area contributed by atoms with E-state index in [2.05, 4.69) is 21.9 Å². The van der Waals surface area contributed by atoms with E-state index in [-0.39, 0.29) is 0 Å². The van der Waals surface area contributed by atoms with E-state index in [4.69, 9.17) is 4.74 Å². The van der Waals surface area contributed by atoms with Crippen LogP contribution in [0, 0.1) is 0 Å². The number of carbonyl (C=O) groups is 1. The molecule has 1 fully saturated rings. The molecule has 1 N–H and O–H groups in total. The first-order valence-corrected chi connectivity index (χ1v) is 9.16. The summed E-state index contributed by atoms with van der Waals surface area (Å²) in [7, 11) is 0. The fourth-order valence-electron chi connectivity index (χ4n) is 3.41. The summed E-state index contributed by atoms with van der Waals surface area (Å²) in [4.78, 5) is 16.2. The molecule has 138 valence electrons. The van der Waals surface area contributed by atoms with Crippen molar-refractivity contribution in [2.75, 3.05) is 37.7 Å². The van der Waals surface area contributed by atoms with Crippen LogP contribution in [0.25, 0.3) is 0 Å². The van der Waals surface area contributed by atoms with E-state index in [1.165, 1.54) is 5.69 Å². The SMILES string of the molecule is CCOc1ccc(C[C@@H](C(=O)O)N2CCN(c3ccccc3)CC2)cc1. The molecule has 0 bridgehead atoms. The summed E-state index contributed by atoms with van der Waals surface area (Å²) in [5.41, 5.74) is 2.22. The number of piperazine rings is 1. The lowest BCUT2D eigenvalue weighted by Crippen LogP contribution is -2.53. The van der Waals surface area contributed by atoms with Crippen LogP contribution in [-0.4, -0.2) is 54.8 Å². The molecule has 0 saturated carbocycles. The van der Waals surface area contributed by atoms with Crippen molar-refractivity contribution in [2.24, 2.45) is 0 Å². The van der Waals surface area contributed by atoms with E-state index in [1.54, 1.807) is 0 Å². The normalized spacial score (nSPS) is 16.3. The van der Waals surface area contributed by atoms with Crippen molar-refractivity contribution in [3.05, 3.63) is 60.2 Å². The zero-order valence-corrected chi connectivity index (χ0v) is 15.2. The van der Waals surface area contributed by atoms with Crippen LogP contribution in [0.2, 0.25) is 0 Å². The van der Waals surface area contributed by atoms with E-state index in [0.717, 1.165) is 37.5 Å². The van der Waals surface area contributed by atoms with E-state index >= 15 is 0 Å². The van der Waals surface area contributed by atoms with Gasteiger partial charge in [-0.2, -0.15) is 0 Å². The zero-order chi connectivity index (χ0) is 18.4. The fraction of sp³-hybridized carbons (Fsp3) is 0.381. The van der Waals surface area contributed by atoms with Gasteiger partial charge in [-0.25, -0.2) is 0 Å². The lowest BCUT2D eigenvalue weighted by atomic mass is 10.0. The number of hydrogen-bond acceptors (Lipinski definition) is 4. The van der Waals surface area contributed by atoms with Crippen LogP contribution in [-0.2, 0) is 11.2 Å². The highest BCUT2D eigenvalue weighted by Crippen LogP contribution is 2.19. The van der Waals surface area contributed by atoms with E-state index in [1.807, 2.05) is 49.4 Å². The second kappa shape index (κ2) is 8.72. The molecule has 0 spiro atoms. The molecule has 0 radical (unpaired) electrons. The molecule has 0 amide bonds. The summed E-state index contributed by atoms with van der Waals surface area (Å²) in [6, 6.07) is 17.5. The molecular weight excluding hydrogens is 328 g/mol.